The minimum absolute atomic E-state index is 0.0300. The van der Waals surface area contributed by atoms with Crippen LogP contribution in [-0.2, 0) is 53.2 Å². The van der Waals surface area contributed by atoms with E-state index in [1.807, 2.05) is 48.2 Å². The number of aromatic nitrogens is 6. The van der Waals surface area contributed by atoms with E-state index >= 15 is 0 Å². The predicted octanol–water partition coefficient (Wildman–Crippen LogP) is 4.20. The zero-order valence-electron chi connectivity index (χ0n) is 32.3. The SMILES string of the molecule is CCc1c(N2CCN(C(=O)c3nc4n(c(=O)c3OCc3ccccc3)CCOC4)CC2)c(=O)n2nc(C3=CCOCC3)nc2n1CC(=O)Nc1ccc(C(F)(F)F)cc1Cl. The molecule has 0 radical (unpaired) electrons. The molecule has 314 valence electrons. The summed E-state index contributed by atoms with van der Waals surface area (Å²) in [4.78, 5) is 68.6. The predicted molar refractivity (Wildman–Crippen MR) is 212 cm³/mol. The highest BCUT2D eigenvalue weighted by atomic mass is 35.5. The summed E-state index contributed by atoms with van der Waals surface area (Å²) in [6.45, 7) is 3.51. The van der Waals surface area contributed by atoms with E-state index in [1.165, 1.54) is 4.57 Å². The molecule has 0 aliphatic carbocycles. The van der Waals surface area contributed by atoms with E-state index in [-0.39, 0.29) is 91.8 Å². The zero-order chi connectivity index (χ0) is 42.1. The van der Waals surface area contributed by atoms with Gasteiger partial charge in [0.1, 0.15) is 31.3 Å². The fourth-order valence-corrected chi connectivity index (χ4v) is 7.68. The van der Waals surface area contributed by atoms with Crippen molar-refractivity contribution in [2.24, 2.45) is 0 Å². The van der Waals surface area contributed by atoms with E-state index < -0.39 is 41.2 Å². The van der Waals surface area contributed by atoms with Gasteiger partial charge in [-0.3, -0.25) is 23.7 Å². The molecule has 6 heterocycles. The van der Waals surface area contributed by atoms with Gasteiger partial charge in [-0.15, -0.1) is 5.10 Å². The van der Waals surface area contributed by atoms with Gasteiger partial charge < -0.3 is 33.9 Å². The zero-order valence-corrected chi connectivity index (χ0v) is 33.1. The maximum atomic E-state index is 14.4. The number of hydrogen-bond acceptors (Lipinski definition) is 11. The van der Waals surface area contributed by atoms with Gasteiger partial charge in [-0.2, -0.15) is 22.7 Å². The number of anilines is 2. The maximum Gasteiger partial charge on any atom is 0.416 e. The molecule has 3 aromatic heterocycles. The first-order valence-electron chi connectivity index (χ1n) is 19.3. The summed E-state index contributed by atoms with van der Waals surface area (Å²) in [6, 6.07) is 11.9. The van der Waals surface area contributed by atoms with Crippen LogP contribution in [0.1, 0.15) is 52.3 Å². The van der Waals surface area contributed by atoms with Gasteiger partial charge in [0.2, 0.25) is 17.4 Å². The molecule has 0 spiro atoms. The summed E-state index contributed by atoms with van der Waals surface area (Å²) in [6.07, 6.45) is -2.04. The van der Waals surface area contributed by atoms with Crippen molar-refractivity contribution >= 4 is 46.1 Å². The quantitative estimate of drug-likeness (QED) is 0.214. The van der Waals surface area contributed by atoms with Crippen LogP contribution in [0.2, 0.25) is 5.02 Å². The lowest BCUT2D eigenvalue weighted by atomic mass is 10.1. The van der Waals surface area contributed by atoms with Gasteiger partial charge in [0.25, 0.3) is 17.0 Å². The van der Waals surface area contributed by atoms with E-state index in [0.29, 0.717) is 37.8 Å². The molecule has 8 rings (SSSR count). The molecule has 2 amide bonds. The third-order valence-electron chi connectivity index (χ3n) is 10.5. The molecule has 1 saturated heterocycles. The molecule has 5 aromatic rings. The summed E-state index contributed by atoms with van der Waals surface area (Å²) < 4.78 is 61.0. The van der Waals surface area contributed by atoms with Crippen molar-refractivity contribution in [2.45, 2.75) is 52.2 Å². The lowest BCUT2D eigenvalue weighted by Gasteiger charge is -2.37. The molecule has 16 nitrogen and oxygen atoms in total. The van der Waals surface area contributed by atoms with Gasteiger partial charge in [0, 0.05) is 26.2 Å². The van der Waals surface area contributed by atoms with Crippen LogP contribution in [0.4, 0.5) is 24.5 Å². The molecule has 0 saturated carbocycles. The summed E-state index contributed by atoms with van der Waals surface area (Å²) in [5, 5.41) is 6.86. The van der Waals surface area contributed by atoms with Crippen LogP contribution in [-0.4, -0.2) is 91.4 Å². The number of nitrogens with zero attached hydrogens (tertiary/aromatic N) is 8. The molecule has 1 fully saturated rings. The molecule has 20 heteroatoms. The standard InChI is InChI=1S/C40H39ClF3N9O7/c1-2-29-33(49-12-14-50(15-13-49)36(55)32-34(60-22-24-6-4-3-5-7-24)38(57)51-16-19-59-23-30(51)46-32)37(56)53-39(47-35(48-53)25-10-17-58-18-11-25)52(29)21-31(54)45-28-9-8-26(20-27(28)41)40(42,43)44/h3-10,20H,2,11-19,21-23H2,1H3,(H,45,54). The second kappa shape index (κ2) is 16.9. The maximum absolute atomic E-state index is 14.4. The average Bonchev–Trinajstić information content (AvgIpc) is 3.71. The molecule has 0 bridgehead atoms. The van der Waals surface area contributed by atoms with E-state index in [0.717, 1.165) is 33.9 Å². The van der Waals surface area contributed by atoms with Gasteiger partial charge in [-0.1, -0.05) is 54.9 Å². The van der Waals surface area contributed by atoms with E-state index in [4.69, 9.17) is 30.8 Å². The van der Waals surface area contributed by atoms with Gasteiger partial charge >= 0.3 is 6.18 Å². The van der Waals surface area contributed by atoms with Crippen LogP contribution in [0, 0.1) is 0 Å². The van der Waals surface area contributed by atoms with Crippen LogP contribution in [0.3, 0.4) is 0 Å². The van der Waals surface area contributed by atoms with Crippen LogP contribution < -0.4 is 26.1 Å². The lowest BCUT2D eigenvalue weighted by Crippen LogP contribution is -2.51. The number of halogens is 4. The highest BCUT2D eigenvalue weighted by Gasteiger charge is 2.34. The summed E-state index contributed by atoms with van der Waals surface area (Å²) in [5.41, 5.74) is 0.156. The number of carbonyl (C=O) groups excluding carboxylic acids is 2. The molecule has 60 heavy (non-hydrogen) atoms. The van der Waals surface area contributed by atoms with E-state index in [2.05, 4.69) is 15.4 Å². The molecular weight excluding hydrogens is 811 g/mol. The normalized spacial score (nSPS) is 15.8. The minimum Gasteiger partial charge on any atom is -0.481 e. The van der Waals surface area contributed by atoms with Crippen LogP contribution in [0.25, 0.3) is 11.4 Å². The molecule has 3 aliphatic rings. The van der Waals surface area contributed by atoms with Gasteiger partial charge in [-0.25, -0.2) is 4.98 Å². The van der Waals surface area contributed by atoms with Crippen molar-refractivity contribution in [2.75, 3.05) is 56.2 Å². The first-order chi connectivity index (χ1) is 28.9. The summed E-state index contributed by atoms with van der Waals surface area (Å²) in [5.74, 6) is -0.628. The van der Waals surface area contributed by atoms with Crippen LogP contribution >= 0.6 is 11.6 Å². The Balaban J connectivity index is 1.10. The van der Waals surface area contributed by atoms with E-state index in [1.54, 1.807) is 9.47 Å². The Bertz CT molecular complexity index is 2620. The van der Waals surface area contributed by atoms with Crippen molar-refractivity contribution in [1.82, 2.24) is 33.6 Å². The van der Waals surface area contributed by atoms with E-state index in [9.17, 15) is 32.3 Å². The third kappa shape index (κ3) is 8.11. The number of piperazine rings is 1. The van der Waals surface area contributed by atoms with Gasteiger partial charge in [-0.05, 0) is 42.2 Å². The number of fused-ring (bicyclic) bond motifs is 2. The smallest absolute Gasteiger partial charge is 0.416 e. The highest BCUT2D eigenvalue weighted by molar-refractivity contribution is 6.33. The number of benzene rings is 2. The number of nitrogens with one attached hydrogen (secondary N) is 1. The Morgan fingerprint density at radius 3 is 2.45 bits per heavy atom. The highest BCUT2D eigenvalue weighted by Crippen LogP contribution is 2.34. The van der Waals surface area contributed by atoms with Crippen LogP contribution in [0.5, 0.6) is 5.75 Å². The molecule has 1 N–H and O–H groups in total. The topological polar surface area (TPSA) is 167 Å². The van der Waals surface area contributed by atoms with Crippen molar-refractivity contribution in [3.8, 4) is 5.75 Å². The Hall–Kier alpha value is -6.05. The fourth-order valence-electron chi connectivity index (χ4n) is 7.45. The molecular formula is C40H39ClF3N9O7. The number of amides is 2. The molecule has 0 unspecified atom stereocenters. The number of rotatable bonds is 10. The van der Waals surface area contributed by atoms with Crippen molar-refractivity contribution in [1.29, 1.82) is 0 Å². The number of alkyl halides is 3. The third-order valence-corrected chi connectivity index (χ3v) is 10.8. The Morgan fingerprint density at radius 1 is 0.967 bits per heavy atom. The lowest BCUT2D eigenvalue weighted by molar-refractivity contribution is -0.137. The van der Waals surface area contributed by atoms with Crippen molar-refractivity contribution in [3.05, 3.63) is 115 Å². The molecule has 0 atom stereocenters. The fraction of sp³-hybridized carbons (Fsp3) is 0.375. The average molecular weight is 850 g/mol. The Morgan fingerprint density at radius 2 is 1.75 bits per heavy atom. The second-order valence-electron chi connectivity index (χ2n) is 14.3. The molecule has 2 aromatic carbocycles. The van der Waals surface area contributed by atoms with Gasteiger partial charge in [0.15, 0.2) is 11.5 Å². The second-order valence-corrected chi connectivity index (χ2v) is 14.7. The largest absolute Gasteiger partial charge is 0.481 e. The summed E-state index contributed by atoms with van der Waals surface area (Å²) >= 11 is 6.16. The molecule has 3 aliphatic heterocycles. The first-order valence-corrected chi connectivity index (χ1v) is 19.7. The number of ether oxygens (including phenoxy) is 3. The van der Waals surface area contributed by atoms with Crippen molar-refractivity contribution in [3.63, 3.8) is 0 Å². The number of hydrogen-bond donors (Lipinski definition) is 1. The van der Waals surface area contributed by atoms with Crippen LogP contribution in [0.15, 0.2) is 64.2 Å². The minimum atomic E-state index is -4.63. The summed E-state index contributed by atoms with van der Waals surface area (Å²) in [7, 11) is 0. The Kier molecular flexibility index (Phi) is 11.5. The number of carbonyl (C=O) groups is 2. The van der Waals surface area contributed by atoms with Crippen molar-refractivity contribution < 1.29 is 37.0 Å². The monoisotopic (exact) mass is 849 g/mol. The first kappa shape index (κ1) is 40.7. The van der Waals surface area contributed by atoms with Gasteiger partial charge in [0.05, 0.1) is 48.3 Å². The Labute approximate surface area is 344 Å².